The number of carboxylic acid groups (broad SMARTS) is 1. The van der Waals surface area contributed by atoms with E-state index in [-0.39, 0.29) is 25.7 Å². The van der Waals surface area contributed by atoms with E-state index in [9.17, 15) is 34.1 Å². The highest BCUT2D eigenvalue weighted by molar-refractivity contribution is 7.47. The lowest BCUT2D eigenvalue weighted by atomic mass is 10.0. The molecule has 0 aromatic carbocycles. The highest BCUT2D eigenvalue weighted by Crippen LogP contribution is 2.43. The summed E-state index contributed by atoms with van der Waals surface area (Å²) >= 11 is 0. The standard InChI is InChI=1S/C30H55O13P/c1-2-3-4-5-6-7-8-9-10-11-12-13-14-17-29(36)40-23-27(24-42-44(38,39)41-22-26(33)21-31)43-30(37)18-15-16-25(32)19-20-28(34)35/h19-20,25-27,31-33H,2-18,21-24H2,1H3,(H,34,35)(H,38,39)/b20-19+/t25?,26-,27+/m0/s1. The first-order valence-electron chi connectivity index (χ1n) is 15.8. The van der Waals surface area contributed by atoms with Crippen molar-refractivity contribution in [2.24, 2.45) is 0 Å². The zero-order chi connectivity index (χ0) is 33.1. The molecule has 0 saturated heterocycles. The zero-order valence-electron chi connectivity index (χ0n) is 26.2. The largest absolute Gasteiger partial charge is 0.478 e. The van der Waals surface area contributed by atoms with Gasteiger partial charge in [-0.15, -0.1) is 0 Å². The molecule has 0 aromatic heterocycles. The fraction of sp³-hybridized carbons (Fsp3) is 0.833. The van der Waals surface area contributed by atoms with Crippen LogP contribution in [0.1, 0.15) is 116 Å². The van der Waals surface area contributed by atoms with E-state index >= 15 is 0 Å². The number of phosphoric ester groups is 1. The van der Waals surface area contributed by atoms with Gasteiger partial charge in [0.1, 0.15) is 12.7 Å². The van der Waals surface area contributed by atoms with Crippen LogP contribution in [0.3, 0.4) is 0 Å². The van der Waals surface area contributed by atoms with Crippen molar-refractivity contribution >= 4 is 25.7 Å². The lowest BCUT2D eigenvalue weighted by molar-refractivity contribution is -0.161. The number of esters is 2. The van der Waals surface area contributed by atoms with Crippen molar-refractivity contribution in [2.75, 3.05) is 26.4 Å². The Balaban J connectivity index is 4.48. The van der Waals surface area contributed by atoms with E-state index in [4.69, 9.17) is 24.2 Å². The molecule has 2 unspecified atom stereocenters. The lowest BCUT2D eigenvalue weighted by Crippen LogP contribution is -2.30. The Morgan fingerprint density at radius 1 is 0.750 bits per heavy atom. The van der Waals surface area contributed by atoms with Crippen molar-refractivity contribution in [3.05, 3.63) is 12.2 Å². The molecule has 5 N–H and O–H groups in total. The van der Waals surface area contributed by atoms with Crippen LogP contribution in [-0.2, 0) is 37.5 Å². The fourth-order valence-electron chi connectivity index (χ4n) is 4.10. The molecule has 258 valence electrons. The van der Waals surface area contributed by atoms with Crippen LogP contribution in [0.2, 0.25) is 0 Å². The second-order valence-corrected chi connectivity index (χ2v) is 12.3. The summed E-state index contributed by atoms with van der Waals surface area (Å²) in [5.74, 6) is -2.49. The molecule has 0 radical (unpaired) electrons. The molecule has 44 heavy (non-hydrogen) atoms. The number of aliphatic hydroxyl groups is 3. The van der Waals surface area contributed by atoms with Gasteiger partial charge in [-0.1, -0.05) is 84.0 Å². The number of rotatable bonds is 30. The molecular weight excluding hydrogens is 599 g/mol. The number of unbranched alkanes of at least 4 members (excludes halogenated alkanes) is 12. The number of carbonyl (C=O) groups is 3. The summed E-state index contributed by atoms with van der Waals surface area (Å²) in [5, 5.41) is 36.4. The van der Waals surface area contributed by atoms with E-state index in [1.54, 1.807) is 0 Å². The van der Waals surface area contributed by atoms with Gasteiger partial charge in [0.15, 0.2) is 6.10 Å². The van der Waals surface area contributed by atoms with Gasteiger partial charge in [0, 0.05) is 18.9 Å². The van der Waals surface area contributed by atoms with E-state index in [2.05, 4.69) is 11.4 Å². The topological polar surface area (TPSA) is 206 Å². The monoisotopic (exact) mass is 654 g/mol. The maximum Gasteiger partial charge on any atom is 0.472 e. The van der Waals surface area contributed by atoms with Crippen LogP contribution in [0.4, 0.5) is 0 Å². The fourth-order valence-corrected chi connectivity index (χ4v) is 4.89. The van der Waals surface area contributed by atoms with Crippen LogP contribution in [0.5, 0.6) is 0 Å². The van der Waals surface area contributed by atoms with Gasteiger partial charge in [0.2, 0.25) is 0 Å². The Morgan fingerprint density at radius 3 is 1.82 bits per heavy atom. The molecule has 0 aliphatic rings. The third-order valence-electron chi connectivity index (χ3n) is 6.62. The predicted molar refractivity (Wildman–Crippen MR) is 163 cm³/mol. The quantitative estimate of drug-likeness (QED) is 0.0312. The van der Waals surface area contributed by atoms with Crippen molar-refractivity contribution < 1.29 is 62.8 Å². The van der Waals surface area contributed by atoms with Gasteiger partial charge in [0.25, 0.3) is 0 Å². The first kappa shape index (κ1) is 42.1. The minimum Gasteiger partial charge on any atom is -0.478 e. The molecule has 13 nitrogen and oxygen atoms in total. The van der Waals surface area contributed by atoms with Gasteiger partial charge in [-0.25, -0.2) is 9.36 Å². The molecule has 0 aromatic rings. The lowest BCUT2D eigenvalue weighted by Gasteiger charge is -2.20. The predicted octanol–water partition coefficient (Wildman–Crippen LogP) is 4.58. The first-order chi connectivity index (χ1) is 21.0. The molecule has 0 fully saturated rings. The van der Waals surface area contributed by atoms with Crippen molar-refractivity contribution in [2.45, 2.75) is 134 Å². The SMILES string of the molecule is CCCCCCCCCCCCCCCC(=O)OC[C@H](COP(=O)(O)OC[C@@H](O)CO)OC(=O)CCCC(O)/C=C/C(=O)O. The summed E-state index contributed by atoms with van der Waals surface area (Å²) in [7, 11) is -4.69. The van der Waals surface area contributed by atoms with E-state index in [1.807, 2.05) is 0 Å². The first-order valence-corrected chi connectivity index (χ1v) is 17.3. The van der Waals surface area contributed by atoms with Crippen LogP contribution in [0.15, 0.2) is 12.2 Å². The van der Waals surface area contributed by atoms with Gasteiger partial charge in [0.05, 0.1) is 25.9 Å². The van der Waals surface area contributed by atoms with Crippen molar-refractivity contribution in [1.82, 2.24) is 0 Å². The summed E-state index contributed by atoms with van der Waals surface area (Å²) in [5.41, 5.74) is 0. The molecule has 0 bridgehead atoms. The molecule has 4 atom stereocenters. The third kappa shape index (κ3) is 27.7. The zero-order valence-corrected chi connectivity index (χ0v) is 27.1. The molecule has 0 aliphatic heterocycles. The molecule has 0 saturated carbocycles. The molecule has 0 spiro atoms. The average molecular weight is 655 g/mol. The van der Waals surface area contributed by atoms with Crippen LogP contribution < -0.4 is 0 Å². The minimum atomic E-state index is -4.69. The number of carbonyl (C=O) groups excluding carboxylic acids is 2. The van der Waals surface area contributed by atoms with Crippen molar-refractivity contribution in [3.8, 4) is 0 Å². The van der Waals surface area contributed by atoms with Crippen LogP contribution in [0, 0.1) is 0 Å². The Hall–Kier alpha value is -1.86. The minimum absolute atomic E-state index is 0.0843. The smallest absolute Gasteiger partial charge is 0.472 e. The third-order valence-corrected chi connectivity index (χ3v) is 7.57. The normalized spacial score (nSPS) is 15.0. The van der Waals surface area contributed by atoms with E-state index < -0.39 is 70.5 Å². The highest BCUT2D eigenvalue weighted by atomic mass is 31.2. The molecular formula is C30H55O13P. The van der Waals surface area contributed by atoms with Gasteiger partial charge in [-0.2, -0.15) is 0 Å². The van der Waals surface area contributed by atoms with E-state index in [0.717, 1.165) is 31.4 Å². The van der Waals surface area contributed by atoms with Gasteiger partial charge >= 0.3 is 25.7 Å². The number of aliphatic hydroxyl groups excluding tert-OH is 3. The summed E-state index contributed by atoms with van der Waals surface area (Å²) in [4.78, 5) is 44.9. The Kier molecular flexibility index (Phi) is 26.3. The highest BCUT2D eigenvalue weighted by Gasteiger charge is 2.27. The van der Waals surface area contributed by atoms with Crippen molar-refractivity contribution in [3.63, 3.8) is 0 Å². The summed E-state index contributed by atoms with van der Waals surface area (Å²) in [6.45, 7) is -0.259. The van der Waals surface area contributed by atoms with E-state index in [1.165, 1.54) is 57.8 Å². The Morgan fingerprint density at radius 2 is 1.27 bits per heavy atom. The van der Waals surface area contributed by atoms with E-state index in [0.29, 0.717) is 6.42 Å². The Labute approximate surface area is 261 Å². The van der Waals surface area contributed by atoms with Gasteiger partial charge < -0.3 is 34.8 Å². The van der Waals surface area contributed by atoms with Gasteiger partial charge in [-0.3, -0.25) is 18.6 Å². The average Bonchev–Trinajstić information content (AvgIpc) is 2.98. The number of aliphatic carboxylic acids is 1. The maximum atomic E-state index is 12.3. The molecule has 0 amide bonds. The maximum absolute atomic E-state index is 12.3. The second-order valence-electron chi connectivity index (χ2n) is 10.8. The summed E-state index contributed by atoms with van der Waals surface area (Å²) in [6, 6.07) is 0. The van der Waals surface area contributed by atoms with Crippen LogP contribution in [0.25, 0.3) is 0 Å². The number of carboxylic acids is 1. The van der Waals surface area contributed by atoms with Crippen LogP contribution in [-0.4, -0.2) is 88.0 Å². The summed E-state index contributed by atoms with van der Waals surface area (Å²) < 4.78 is 31.9. The molecule has 14 heteroatoms. The molecule has 0 rings (SSSR count). The number of phosphoric acid groups is 1. The number of hydrogen-bond donors (Lipinski definition) is 5. The number of hydrogen-bond acceptors (Lipinski definition) is 11. The second kappa shape index (κ2) is 27.5. The Bertz CT molecular complexity index is 836. The number of ether oxygens (including phenoxy) is 2. The van der Waals surface area contributed by atoms with Crippen molar-refractivity contribution in [1.29, 1.82) is 0 Å². The van der Waals surface area contributed by atoms with Crippen LogP contribution >= 0.6 is 7.82 Å². The summed E-state index contributed by atoms with van der Waals surface area (Å²) in [6.07, 6.45) is 13.6. The van der Waals surface area contributed by atoms with Gasteiger partial charge in [-0.05, 0) is 25.3 Å². The molecule has 0 aliphatic carbocycles. The molecule has 0 heterocycles.